The number of hydrogen-bond donors (Lipinski definition) is 3. The molecule has 0 fully saturated rings. The molecule has 0 heterocycles. The Labute approximate surface area is 107 Å². The Morgan fingerprint density at radius 2 is 1.83 bits per heavy atom. The standard InChI is InChI=1S/C11H15N3O3S/c1-2-7-18(17)9-5-3-8(4-6-9)13-10(15)11(16)14-12/h3-6H,2,7,12H2,1H3,(H,13,15)(H,14,16). The monoisotopic (exact) mass is 269 g/mol. The number of nitrogens with two attached hydrogens (primary N) is 1. The molecular weight excluding hydrogens is 254 g/mol. The molecule has 0 radical (unpaired) electrons. The molecule has 0 aromatic heterocycles. The molecule has 4 N–H and O–H groups in total. The van der Waals surface area contributed by atoms with Crippen LogP contribution >= 0.6 is 0 Å². The molecule has 0 spiro atoms. The van der Waals surface area contributed by atoms with E-state index in [0.717, 1.165) is 6.42 Å². The van der Waals surface area contributed by atoms with Crippen molar-refractivity contribution in [3.05, 3.63) is 24.3 Å². The van der Waals surface area contributed by atoms with Crippen molar-refractivity contribution in [2.75, 3.05) is 11.1 Å². The van der Waals surface area contributed by atoms with Gasteiger partial charge in [-0.15, -0.1) is 0 Å². The Morgan fingerprint density at radius 1 is 1.22 bits per heavy atom. The fraction of sp³-hybridized carbons (Fsp3) is 0.273. The molecule has 7 heteroatoms. The van der Waals surface area contributed by atoms with Crippen molar-refractivity contribution in [1.82, 2.24) is 5.43 Å². The molecule has 1 atom stereocenters. The number of amides is 2. The summed E-state index contributed by atoms with van der Waals surface area (Å²) in [7, 11) is -1.03. The van der Waals surface area contributed by atoms with E-state index in [2.05, 4.69) is 5.32 Å². The summed E-state index contributed by atoms with van der Waals surface area (Å²) in [6, 6.07) is 6.48. The van der Waals surface area contributed by atoms with Crippen molar-refractivity contribution in [1.29, 1.82) is 0 Å². The Bertz CT molecular complexity index is 459. The molecule has 1 aromatic rings. The van der Waals surface area contributed by atoms with Crippen molar-refractivity contribution in [2.45, 2.75) is 18.2 Å². The number of carbonyl (C=O) groups excluding carboxylic acids is 2. The highest BCUT2D eigenvalue weighted by molar-refractivity contribution is 7.85. The van der Waals surface area contributed by atoms with E-state index in [1.165, 1.54) is 0 Å². The third kappa shape index (κ3) is 3.94. The van der Waals surface area contributed by atoms with Crippen LogP contribution in [0.25, 0.3) is 0 Å². The summed E-state index contributed by atoms with van der Waals surface area (Å²) < 4.78 is 11.7. The lowest BCUT2D eigenvalue weighted by Crippen LogP contribution is -2.39. The van der Waals surface area contributed by atoms with Gasteiger partial charge in [-0.05, 0) is 30.7 Å². The summed E-state index contributed by atoms with van der Waals surface area (Å²) in [6.07, 6.45) is 0.835. The molecule has 0 aliphatic heterocycles. The SMILES string of the molecule is CCCS(=O)c1ccc(NC(=O)C(=O)NN)cc1. The van der Waals surface area contributed by atoms with Gasteiger partial charge in [0.05, 0.1) is 10.8 Å². The second-order valence-electron chi connectivity index (χ2n) is 3.50. The highest BCUT2D eigenvalue weighted by Gasteiger charge is 2.11. The second kappa shape index (κ2) is 6.87. The molecule has 1 aromatic carbocycles. The van der Waals surface area contributed by atoms with Crippen molar-refractivity contribution in [3.63, 3.8) is 0 Å². The minimum atomic E-state index is -1.03. The Hall–Kier alpha value is -1.73. The quantitative estimate of drug-likeness (QED) is 0.313. The summed E-state index contributed by atoms with van der Waals surface area (Å²) in [5, 5.41) is 2.36. The van der Waals surface area contributed by atoms with E-state index >= 15 is 0 Å². The van der Waals surface area contributed by atoms with Crippen molar-refractivity contribution >= 4 is 28.3 Å². The number of carbonyl (C=O) groups is 2. The normalized spacial score (nSPS) is 11.7. The second-order valence-corrected chi connectivity index (χ2v) is 5.07. The summed E-state index contributed by atoms with van der Waals surface area (Å²) in [5.74, 6) is 3.65. The third-order valence-corrected chi connectivity index (χ3v) is 3.68. The van der Waals surface area contributed by atoms with Crippen molar-refractivity contribution in [3.8, 4) is 0 Å². The first-order chi connectivity index (χ1) is 8.58. The molecular formula is C11H15N3O3S. The Kier molecular flexibility index (Phi) is 5.47. The van der Waals surface area contributed by atoms with Gasteiger partial charge in [0.1, 0.15) is 0 Å². The maximum absolute atomic E-state index is 11.7. The van der Waals surface area contributed by atoms with Gasteiger partial charge in [0.2, 0.25) is 0 Å². The van der Waals surface area contributed by atoms with Crippen LogP contribution in [0.5, 0.6) is 0 Å². The van der Waals surface area contributed by atoms with Crippen molar-refractivity contribution in [2.24, 2.45) is 5.84 Å². The van der Waals surface area contributed by atoms with Gasteiger partial charge in [0, 0.05) is 16.3 Å². The predicted molar refractivity (Wildman–Crippen MR) is 69.0 cm³/mol. The number of anilines is 1. The molecule has 1 unspecified atom stereocenters. The molecule has 0 bridgehead atoms. The number of benzene rings is 1. The van der Waals surface area contributed by atoms with E-state index in [0.29, 0.717) is 16.3 Å². The molecule has 6 nitrogen and oxygen atoms in total. The van der Waals surface area contributed by atoms with Gasteiger partial charge < -0.3 is 5.32 Å². The number of hydrogen-bond acceptors (Lipinski definition) is 4. The van der Waals surface area contributed by atoms with Gasteiger partial charge in [-0.2, -0.15) is 0 Å². The molecule has 0 aliphatic carbocycles. The molecule has 0 saturated carbocycles. The van der Waals surface area contributed by atoms with Crippen LogP contribution in [-0.4, -0.2) is 21.8 Å². The molecule has 0 saturated heterocycles. The maximum Gasteiger partial charge on any atom is 0.323 e. The molecule has 0 aliphatic rings. The maximum atomic E-state index is 11.7. The summed E-state index contributed by atoms with van der Waals surface area (Å²) in [6.45, 7) is 1.96. The smallest absolute Gasteiger partial charge is 0.318 e. The van der Waals surface area contributed by atoms with Crippen LogP contribution in [-0.2, 0) is 20.4 Å². The Balaban J connectivity index is 2.69. The fourth-order valence-electron chi connectivity index (χ4n) is 1.25. The minimum Gasteiger partial charge on any atom is -0.318 e. The zero-order valence-electron chi connectivity index (χ0n) is 9.93. The van der Waals surface area contributed by atoms with E-state index in [1.807, 2.05) is 6.92 Å². The summed E-state index contributed by atoms with van der Waals surface area (Å²) in [4.78, 5) is 22.8. The predicted octanol–water partition coefficient (Wildman–Crippen LogP) is 0.133. The lowest BCUT2D eigenvalue weighted by molar-refractivity contribution is -0.136. The first kappa shape index (κ1) is 14.3. The van der Waals surface area contributed by atoms with Crippen LogP contribution in [0.4, 0.5) is 5.69 Å². The van der Waals surface area contributed by atoms with Gasteiger partial charge in [-0.25, -0.2) is 5.84 Å². The van der Waals surface area contributed by atoms with Gasteiger partial charge >= 0.3 is 11.8 Å². The van der Waals surface area contributed by atoms with Crippen LogP contribution in [0, 0.1) is 0 Å². The average Bonchev–Trinajstić information content (AvgIpc) is 2.38. The lowest BCUT2D eigenvalue weighted by atomic mass is 10.3. The van der Waals surface area contributed by atoms with Crippen molar-refractivity contribution < 1.29 is 13.8 Å². The van der Waals surface area contributed by atoms with Crippen LogP contribution in [0.3, 0.4) is 0 Å². The highest BCUT2D eigenvalue weighted by atomic mass is 32.2. The minimum absolute atomic E-state index is 0.445. The van der Waals surface area contributed by atoms with E-state index in [9.17, 15) is 13.8 Å². The topological polar surface area (TPSA) is 101 Å². The van der Waals surface area contributed by atoms with E-state index in [-0.39, 0.29) is 0 Å². The zero-order chi connectivity index (χ0) is 13.5. The van der Waals surface area contributed by atoms with Crippen LogP contribution in [0.1, 0.15) is 13.3 Å². The van der Waals surface area contributed by atoms with E-state index < -0.39 is 22.6 Å². The van der Waals surface area contributed by atoms with Gasteiger partial charge in [-0.3, -0.25) is 19.2 Å². The van der Waals surface area contributed by atoms with E-state index in [1.54, 1.807) is 29.7 Å². The molecule has 1 rings (SSSR count). The fourth-order valence-corrected chi connectivity index (χ4v) is 2.29. The number of hydrazine groups is 1. The molecule has 98 valence electrons. The third-order valence-electron chi connectivity index (χ3n) is 2.10. The van der Waals surface area contributed by atoms with E-state index in [4.69, 9.17) is 5.84 Å². The molecule has 2 amide bonds. The van der Waals surface area contributed by atoms with Gasteiger partial charge in [-0.1, -0.05) is 6.92 Å². The largest absolute Gasteiger partial charge is 0.323 e. The van der Waals surface area contributed by atoms with Crippen LogP contribution in [0.2, 0.25) is 0 Å². The first-order valence-corrected chi connectivity index (χ1v) is 6.70. The summed E-state index contributed by atoms with van der Waals surface area (Å²) in [5.41, 5.74) is 2.18. The van der Waals surface area contributed by atoms with Crippen LogP contribution in [0.15, 0.2) is 29.2 Å². The highest BCUT2D eigenvalue weighted by Crippen LogP contribution is 2.13. The summed E-state index contributed by atoms with van der Waals surface area (Å²) >= 11 is 0. The number of nitrogens with one attached hydrogen (secondary N) is 2. The molecule has 18 heavy (non-hydrogen) atoms. The number of rotatable bonds is 4. The van der Waals surface area contributed by atoms with Crippen LogP contribution < -0.4 is 16.6 Å². The average molecular weight is 269 g/mol. The zero-order valence-corrected chi connectivity index (χ0v) is 10.8. The lowest BCUT2D eigenvalue weighted by Gasteiger charge is -2.05. The Morgan fingerprint density at radius 3 is 2.33 bits per heavy atom. The van der Waals surface area contributed by atoms with Gasteiger partial charge in [0.15, 0.2) is 0 Å². The van der Waals surface area contributed by atoms with Gasteiger partial charge in [0.25, 0.3) is 0 Å². The first-order valence-electron chi connectivity index (χ1n) is 5.38.